The van der Waals surface area contributed by atoms with Crippen LogP contribution in [-0.4, -0.2) is 19.2 Å². The van der Waals surface area contributed by atoms with Crippen molar-refractivity contribution < 1.29 is 4.84 Å². The van der Waals surface area contributed by atoms with E-state index in [1.807, 2.05) is 0 Å². The molecule has 6 nitrogen and oxygen atoms in total. The molecule has 6 N–H and O–H groups in total. The zero-order chi connectivity index (χ0) is 7.11. The second-order valence-corrected chi connectivity index (χ2v) is 1.51. The molecule has 0 aliphatic rings. The lowest BCUT2D eigenvalue weighted by Gasteiger charge is -2.09. The van der Waals surface area contributed by atoms with E-state index in [9.17, 15) is 0 Å². The summed E-state index contributed by atoms with van der Waals surface area (Å²) < 4.78 is 0. The maximum Gasteiger partial charge on any atom is 0.0909 e. The molecule has 1 unspecified atom stereocenters. The first-order valence-electron chi connectivity index (χ1n) is 2.49. The van der Waals surface area contributed by atoms with Crippen LogP contribution >= 0.6 is 0 Å². The summed E-state index contributed by atoms with van der Waals surface area (Å²) in [6, 6.07) is -0.160. The Hall–Kier alpha value is -0.720. The number of hydrogen-bond acceptors (Lipinski definition) is 5. The fraction of sp³-hybridized carbons (Fsp3) is 1.00. The fourth-order valence-corrected chi connectivity index (χ4v) is 0.365. The van der Waals surface area contributed by atoms with Gasteiger partial charge in [-0.2, -0.15) is 5.53 Å². The SMILES string of the molecule is N=NNC(CN)CON. The molecule has 0 saturated heterocycles. The average molecular weight is 133 g/mol. The largest absolute Gasteiger partial charge is 0.328 e. The molecule has 0 aromatic heterocycles. The molecule has 9 heavy (non-hydrogen) atoms. The molecule has 0 aromatic rings. The number of nitrogens with two attached hydrogens (primary N) is 2. The Morgan fingerprint density at radius 2 is 2.44 bits per heavy atom. The van der Waals surface area contributed by atoms with Crippen molar-refractivity contribution in [1.82, 2.24) is 5.43 Å². The third-order valence-corrected chi connectivity index (χ3v) is 0.829. The summed E-state index contributed by atoms with van der Waals surface area (Å²) in [7, 11) is 0. The van der Waals surface area contributed by atoms with Gasteiger partial charge in [-0.1, -0.05) is 5.22 Å². The highest BCUT2D eigenvalue weighted by atomic mass is 16.6. The minimum absolute atomic E-state index is 0.160. The van der Waals surface area contributed by atoms with Crippen LogP contribution in [0.1, 0.15) is 0 Å². The van der Waals surface area contributed by atoms with Gasteiger partial charge in [-0.05, 0) is 0 Å². The van der Waals surface area contributed by atoms with E-state index >= 15 is 0 Å². The Morgan fingerprint density at radius 3 is 2.78 bits per heavy atom. The monoisotopic (exact) mass is 133 g/mol. The summed E-state index contributed by atoms with van der Waals surface area (Å²) in [6.45, 7) is 0.610. The van der Waals surface area contributed by atoms with Gasteiger partial charge in [0.05, 0.1) is 12.6 Å². The van der Waals surface area contributed by atoms with E-state index in [4.69, 9.17) is 17.2 Å². The van der Waals surface area contributed by atoms with Crippen molar-refractivity contribution in [3.8, 4) is 0 Å². The number of nitrogens with zero attached hydrogens (tertiary/aromatic N) is 1. The molecule has 0 saturated carbocycles. The average Bonchev–Trinajstić information content (AvgIpc) is 1.88. The molecule has 0 aromatic carbocycles. The van der Waals surface area contributed by atoms with Gasteiger partial charge < -0.3 is 10.6 Å². The van der Waals surface area contributed by atoms with Gasteiger partial charge in [-0.25, -0.2) is 5.90 Å². The molecule has 0 aliphatic heterocycles. The van der Waals surface area contributed by atoms with Gasteiger partial charge in [0.25, 0.3) is 0 Å². The van der Waals surface area contributed by atoms with E-state index in [1.54, 1.807) is 0 Å². The Balaban J connectivity index is 3.28. The first-order chi connectivity index (χ1) is 4.35. The van der Waals surface area contributed by atoms with E-state index in [-0.39, 0.29) is 12.6 Å². The van der Waals surface area contributed by atoms with E-state index in [0.717, 1.165) is 0 Å². The highest BCUT2D eigenvalue weighted by Gasteiger charge is 2.02. The van der Waals surface area contributed by atoms with E-state index in [2.05, 4.69) is 15.5 Å². The molecule has 54 valence electrons. The molecule has 0 bridgehead atoms. The Bertz CT molecular complexity index is 76.6. The first kappa shape index (κ1) is 8.28. The van der Waals surface area contributed by atoms with Gasteiger partial charge in [-0.15, -0.1) is 0 Å². The molecule has 6 heteroatoms. The van der Waals surface area contributed by atoms with Gasteiger partial charge in [0.15, 0.2) is 0 Å². The fourth-order valence-electron chi connectivity index (χ4n) is 0.365. The zero-order valence-electron chi connectivity index (χ0n) is 5.00. The van der Waals surface area contributed by atoms with Crippen LogP contribution in [0, 0.1) is 5.53 Å². The van der Waals surface area contributed by atoms with Gasteiger partial charge in [0, 0.05) is 6.54 Å². The smallest absolute Gasteiger partial charge is 0.0909 e. The van der Waals surface area contributed by atoms with Crippen molar-refractivity contribution in [2.24, 2.45) is 16.9 Å². The first-order valence-corrected chi connectivity index (χ1v) is 2.49. The van der Waals surface area contributed by atoms with E-state index in [1.165, 1.54) is 0 Å². The van der Waals surface area contributed by atoms with Gasteiger partial charge in [0.1, 0.15) is 0 Å². The number of nitrogens with one attached hydrogen (secondary N) is 2. The van der Waals surface area contributed by atoms with Crippen molar-refractivity contribution in [3.05, 3.63) is 0 Å². The lowest BCUT2D eigenvalue weighted by atomic mass is 10.3. The van der Waals surface area contributed by atoms with Crippen molar-refractivity contribution >= 4 is 0 Å². The summed E-state index contributed by atoms with van der Waals surface area (Å²) in [4.78, 5) is 4.26. The second-order valence-electron chi connectivity index (χ2n) is 1.51. The quantitative estimate of drug-likeness (QED) is 0.277. The molecule has 0 fully saturated rings. The summed E-state index contributed by atoms with van der Waals surface area (Å²) in [5.74, 6) is 4.74. The highest BCUT2D eigenvalue weighted by molar-refractivity contribution is 4.61. The molecule has 0 heterocycles. The molecule has 0 radical (unpaired) electrons. The van der Waals surface area contributed by atoms with Gasteiger partial charge in [-0.3, -0.25) is 5.43 Å². The minimum Gasteiger partial charge on any atom is -0.328 e. The normalized spacial score (nSPS) is 12.7. The summed E-state index contributed by atoms with van der Waals surface area (Å²) in [5, 5.41) is 2.91. The van der Waals surface area contributed by atoms with Crippen LogP contribution in [0.3, 0.4) is 0 Å². The molecule has 0 amide bonds. The minimum atomic E-state index is -0.160. The van der Waals surface area contributed by atoms with E-state index < -0.39 is 0 Å². The Kier molecular flexibility index (Phi) is 4.98. The van der Waals surface area contributed by atoms with Gasteiger partial charge in [0.2, 0.25) is 0 Å². The van der Waals surface area contributed by atoms with Crippen molar-refractivity contribution in [2.75, 3.05) is 13.2 Å². The van der Waals surface area contributed by atoms with Crippen LogP contribution in [0.15, 0.2) is 5.22 Å². The number of rotatable bonds is 5. The third-order valence-electron chi connectivity index (χ3n) is 0.829. The van der Waals surface area contributed by atoms with Gasteiger partial charge >= 0.3 is 0 Å². The van der Waals surface area contributed by atoms with E-state index in [0.29, 0.717) is 6.54 Å². The van der Waals surface area contributed by atoms with Crippen molar-refractivity contribution in [2.45, 2.75) is 6.04 Å². The lowest BCUT2D eigenvalue weighted by molar-refractivity contribution is 0.115. The van der Waals surface area contributed by atoms with Crippen LogP contribution in [-0.2, 0) is 4.84 Å². The molecular weight excluding hydrogens is 122 g/mol. The van der Waals surface area contributed by atoms with Crippen molar-refractivity contribution in [3.63, 3.8) is 0 Å². The highest BCUT2D eigenvalue weighted by Crippen LogP contribution is 1.77. The maximum atomic E-state index is 6.38. The Morgan fingerprint density at radius 1 is 1.78 bits per heavy atom. The molecule has 1 atom stereocenters. The van der Waals surface area contributed by atoms with Crippen LogP contribution in [0.2, 0.25) is 0 Å². The van der Waals surface area contributed by atoms with Crippen LogP contribution < -0.4 is 17.1 Å². The number of hydrogen-bond donors (Lipinski definition) is 4. The van der Waals surface area contributed by atoms with Crippen LogP contribution in [0.25, 0.3) is 0 Å². The standard InChI is InChI=1S/C3H11N5O/c4-1-3(2-9-6)7-8-5/h3H,1-2,4,6H2,(H2,5,7). The summed E-state index contributed by atoms with van der Waals surface area (Å²) >= 11 is 0. The zero-order valence-corrected chi connectivity index (χ0v) is 5.00. The topological polar surface area (TPSA) is 110 Å². The van der Waals surface area contributed by atoms with Crippen LogP contribution in [0.5, 0.6) is 0 Å². The summed E-state index contributed by atoms with van der Waals surface area (Å²) in [5.41, 5.74) is 14.0. The predicted octanol–water partition coefficient (Wildman–Crippen LogP) is -1.26. The molecule has 0 aliphatic carbocycles. The molecule has 0 spiro atoms. The Labute approximate surface area is 53.0 Å². The maximum absolute atomic E-state index is 6.38. The predicted molar refractivity (Wildman–Crippen MR) is 31.3 cm³/mol. The second kappa shape index (κ2) is 5.42. The lowest BCUT2D eigenvalue weighted by Crippen LogP contribution is -2.37. The van der Waals surface area contributed by atoms with Crippen molar-refractivity contribution in [1.29, 1.82) is 5.53 Å². The van der Waals surface area contributed by atoms with Crippen LogP contribution in [0.4, 0.5) is 0 Å². The summed E-state index contributed by atoms with van der Waals surface area (Å²) in [6.07, 6.45) is 0. The molecule has 0 rings (SSSR count). The molecular formula is C3H11N5O. The third kappa shape index (κ3) is 3.83.